The standard InChI is InChI=1S/C33H39F3N4O7/c1-5-18-16-32(18,29(43)44)39-27(41)24-14-20(46-25-15-22(33(34,35)36)21-12-8-9-13-23(21)37-25)17-40(24)28(42)26(31(2,3)4)38-30(45)47-19-10-6-7-11-19/h5,8-9,12-13,15,18-20,24,26H,1,6-7,10-11,14,16-17H2,2-4H3,(H,38,45)(H,39,41)(H,43,44)/t18-,20-,24+,26-,32-/m1/s1. The van der Waals surface area contributed by atoms with Crippen molar-refractivity contribution in [2.75, 3.05) is 6.54 Å². The molecule has 14 heteroatoms. The number of alkyl halides is 3. The fraction of sp³-hybridized carbons (Fsp3) is 0.545. The molecule has 2 heterocycles. The lowest BCUT2D eigenvalue weighted by Gasteiger charge is -2.35. The van der Waals surface area contributed by atoms with Gasteiger partial charge in [-0.2, -0.15) is 13.2 Å². The summed E-state index contributed by atoms with van der Waals surface area (Å²) < 4.78 is 53.4. The molecule has 254 valence electrons. The van der Waals surface area contributed by atoms with Crippen LogP contribution in [0.4, 0.5) is 18.0 Å². The number of carbonyl (C=O) groups excluding carboxylic acids is 3. The number of amides is 3. The number of nitrogens with one attached hydrogen (secondary N) is 2. The van der Waals surface area contributed by atoms with Crippen LogP contribution in [0.5, 0.6) is 5.88 Å². The van der Waals surface area contributed by atoms with Crippen molar-refractivity contribution in [1.82, 2.24) is 20.5 Å². The van der Waals surface area contributed by atoms with E-state index in [0.717, 1.165) is 18.9 Å². The van der Waals surface area contributed by atoms with Crippen LogP contribution in [0.1, 0.15) is 64.9 Å². The van der Waals surface area contributed by atoms with Crippen molar-refractivity contribution in [3.8, 4) is 5.88 Å². The van der Waals surface area contributed by atoms with E-state index in [0.29, 0.717) is 12.8 Å². The van der Waals surface area contributed by atoms with Crippen molar-refractivity contribution in [1.29, 1.82) is 0 Å². The van der Waals surface area contributed by atoms with Gasteiger partial charge in [0.05, 0.1) is 17.6 Å². The third-order valence-electron chi connectivity index (χ3n) is 9.11. The average Bonchev–Trinajstić information content (AvgIpc) is 3.27. The van der Waals surface area contributed by atoms with E-state index in [1.807, 2.05) is 0 Å². The summed E-state index contributed by atoms with van der Waals surface area (Å²) in [5, 5.41) is 15.0. The first-order chi connectivity index (χ1) is 22.0. The van der Waals surface area contributed by atoms with Gasteiger partial charge in [0.1, 0.15) is 29.8 Å². The van der Waals surface area contributed by atoms with Crippen LogP contribution in [0, 0.1) is 11.3 Å². The molecule has 2 saturated carbocycles. The van der Waals surface area contributed by atoms with Gasteiger partial charge in [0.15, 0.2) is 0 Å². The Morgan fingerprint density at radius 3 is 2.40 bits per heavy atom. The highest BCUT2D eigenvalue weighted by molar-refractivity contribution is 5.96. The molecular weight excluding hydrogens is 621 g/mol. The van der Waals surface area contributed by atoms with Crippen LogP contribution >= 0.6 is 0 Å². The normalized spacial score (nSPS) is 25.2. The molecule has 3 N–H and O–H groups in total. The molecule has 3 fully saturated rings. The second kappa shape index (κ2) is 12.7. The van der Waals surface area contributed by atoms with E-state index < -0.39 is 70.7 Å². The molecule has 0 radical (unpaired) electrons. The summed E-state index contributed by atoms with van der Waals surface area (Å²) in [7, 11) is 0. The molecule has 0 bridgehead atoms. The van der Waals surface area contributed by atoms with Crippen LogP contribution in [0.2, 0.25) is 0 Å². The first kappa shape index (κ1) is 34.0. The summed E-state index contributed by atoms with van der Waals surface area (Å²) >= 11 is 0. The van der Waals surface area contributed by atoms with Crippen molar-refractivity contribution < 1.29 is 46.9 Å². The van der Waals surface area contributed by atoms with Crippen LogP contribution in [0.25, 0.3) is 10.9 Å². The van der Waals surface area contributed by atoms with Crippen molar-refractivity contribution in [3.05, 3.63) is 48.6 Å². The highest BCUT2D eigenvalue weighted by Crippen LogP contribution is 2.45. The van der Waals surface area contributed by atoms with Gasteiger partial charge in [-0.05, 0) is 43.6 Å². The molecule has 0 unspecified atom stereocenters. The Labute approximate surface area is 269 Å². The van der Waals surface area contributed by atoms with Gasteiger partial charge in [-0.15, -0.1) is 6.58 Å². The average molecular weight is 661 g/mol. The molecule has 1 aromatic carbocycles. The van der Waals surface area contributed by atoms with Crippen LogP contribution in [-0.4, -0.2) is 75.2 Å². The number of ether oxygens (including phenoxy) is 2. The molecule has 1 saturated heterocycles. The smallest absolute Gasteiger partial charge is 0.417 e. The molecule has 1 aromatic heterocycles. The van der Waals surface area contributed by atoms with E-state index in [2.05, 4.69) is 22.2 Å². The first-order valence-electron chi connectivity index (χ1n) is 15.6. The number of aromatic nitrogens is 1. The Bertz CT molecular complexity index is 1570. The van der Waals surface area contributed by atoms with Gasteiger partial charge in [0.2, 0.25) is 17.7 Å². The van der Waals surface area contributed by atoms with Crippen LogP contribution in [-0.2, 0) is 25.3 Å². The molecule has 5 atom stereocenters. The van der Waals surface area contributed by atoms with E-state index in [1.54, 1.807) is 26.8 Å². The number of carbonyl (C=O) groups is 4. The van der Waals surface area contributed by atoms with E-state index in [9.17, 15) is 37.5 Å². The van der Waals surface area contributed by atoms with Gasteiger partial charge in [0, 0.05) is 23.8 Å². The monoisotopic (exact) mass is 660 g/mol. The number of benzene rings is 1. The maximum atomic E-state index is 14.2. The lowest BCUT2D eigenvalue weighted by Crippen LogP contribution is -2.59. The zero-order valence-electron chi connectivity index (χ0n) is 26.4. The number of likely N-dealkylation sites (tertiary alicyclic amines) is 1. The zero-order chi connectivity index (χ0) is 34.3. The summed E-state index contributed by atoms with van der Waals surface area (Å²) in [4.78, 5) is 58.3. The first-order valence-corrected chi connectivity index (χ1v) is 15.6. The topological polar surface area (TPSA) is 147 Å². The van der Waals surface area contributed by atoms with E-state index >= 15 is 0 Å². The number of hydrogen-bond acceptors (Lipinski definition) is 7. The third kappa shape index (κ3) is 7.15. The Morgan fingerprint density at radius 2 is 1.81 bits per heavy atom. The molecule has 0 spiro atoms. The molecule has 3 amide bonds. The molecule has 47 heavy (non-hydrogen) atoms. The highest BCUT2D eigenvalue weighted by Gasteiger charge is 2.61. The minimum absolute atomic E-state index is 0.0444. The molecular formula is C33H39F3N4O7. The second-order valence-electron chi connectivity index (χ2n) is 13.6. The number of rotatable bonds is 9. The quantitative estimate of drug-likeness (QED) is 0.324. The molecule has 3 aliphatic rings. The Kier molecular flexibility index (Phi) is 9.17. The third-order valence-corrected chi connectivity index (χ3v) is 9.11. The number of halogens is 3. The predicted octanol–water partition coefficient (Wildman–Crippen LogP) is 4.83. The summed E-state index contributed by atoms with van der Waals surface area (Å²) in [5.74, 6) is -3.58. The second-order valence-corrected chi connectivity index (χ2v) is 13.6. The van der Waals surface area contributed by atoms with Gasteiger partial charge in [0.25, 0.3) is 0 Å². The largest absolute Gasteiger partial charge is 0.479 e. The van der Waals surface area contributed by atoms with Gasteiger partial charge >= 0.3 is 18.2 Å². The lowest BCUT2D eigenvalue weighted by atomic mass is 9.85. The number of para-hydroxylation sites is 1. The number of hydrogen-bond donors (Lipinski definition) is 3. The number of carboxylic acid groups (broad SMARTS) is 1. The number of pyridine rings is 1. The summed E-state index contributed by atoms with van der Waals surface area (Å²) in [6.07, 6.45) is -2.12. The van der Waals surface area contributed by atoms with Gasteiger partial charge < -0.3 is 30.1 Å². The molecule has 2 aromatic rings. The van der Waals surface area contributed by atoms with Gasteiger partial charge in [-0.1, -0.05) is 45.0 Å². The molecule has 1 aliphatic heterocycles. The van der Waals surface area contributed by atoms with E-state index in [4.69, 9.17) is 9.47 Å². The minimum Gasteiger partial charge on any atom is -0.479 e. The van der Waals surface area contributed by atoms with E-state index in [1.165, 1.54) is 29.2 Å². The van der Waals surface area contributed by atoms with Crippen LogP contribution in [0.15, 0.2) is 43.0 Å². The SMILES string of the molecule is C=C[C@@H]1C[C@]1(NC(=O)[C@@H]1C[C@@H](Oc2cc(C(F)(F)F)c3ccccc3n2)CN1C(=O)[C@@H](NC(=O)OC1CCCC1)C(C)(C)C)C(=O)O. The van der Waals surface area contributed by atoms with E-state index in [-0.39, 0.29) is 42.3 Å². The molecule has 2 aliphatic carbocycles. The maximum Gasteiger partial charge on any atom is 0.417 e. The fourth-order valence-corrected chi connectivity index (χ4v) is 6.43. The fourth-order valence-electron chi connectivity index (χ4n) is 6.43. The van der Waals surface area contributed by atoms with Crippen molar-refractivity contribution >= 4 is 34.8 Å². The van der Waals surface area contributed by atoms with Gasteiger partial charge in [-0.3, -0.25) is 9.59 Å². The summed E-state index contributed by atoms with van der Waals surface area (Å²) in [6, 6.07) is 4.06. The number of nitrogens with zero attached hydrogens (tertiary/aromatic N) is 2. The van der Waals surface area contributed by atoms with Crippen molar-refractivity contribution in [3.63, 3.8) is 0 Å². The molecule has 5 rings (SSSR count). The maximum absolute atomic E-state index is 14.2. The Morgan fingerprint density at radius 1 is 1.13 bits per heavy atom. The lowest BCUT2D eigenvalue weighted by molar-refractivity contribution is -0.146. The summed E-state index contributed by atoms with van der Waals surface area (Å²) in [5.41, 5.74) is -3.37. The van der Waals surface area contributed by atoms with Crippen molar-refractivity contribution in [2.45, 2.75) is 95.3 Å². The number of fused-ring (bicyclic) bond motifs is 1. The van der Waals surface area contributed by atoms with Gasteiger partial charge in [-0.25, -0.2) is 14.6 Å². The Hall–Kier alpha value is -4.36. The summed E-state index contributed by atoms with van der Waals surface area (Å²) in [6.45, 7) is 8.55. The van der Waals surface area contributed by atoms with Crippen LogP contribution in [0.3, 0.4) is 0 Å². The highest BCUT2D eigenvalue weighted by atomic mass is 19.4. The zero-order valence-corrected chi connectivity index (χ0v) is 26.4. The van der Waals surface area contributed by atoms with Crippen LogP contribution < -0.4 is 15.4 Å². The number of alkyl carbamates (subject to hydrolysis) is 1. The molecule has 11 nitrogen and oxygen atoms in total. The Balaban J connectivity index is 1.43. The number of aliphatic carboxylic acids is 1. The number of carboxylic acids is 1. The van der Waals surface area contributed by atoms with Crippen molar-refractivity contribution in [2.24, 2.45) is 11.3 Å². The minimum atomic E-state index is -4.71. The predicted molar refractivity (Wildman–Crippen MR) is 163 cm³/mol.